The van der Waals surface area contributed by atoms with Crippen LogP contribution in [0.1, 0.15) is 24.8 Å². The molecule has 0 bridgehead atoms. The molecule has 0 amide bonds. The van der Waals surface area contributed by atoms with Gasteiger partial charge in [0, 0.05) is 23.2 Å². The van der Waals surface area contributed by atoms with Crippen LogP contribution in [0, 0.1) is 6.92 Å². The Morgan fingerprint density at radius 3 is 2.76 bits per heavy atom. The first kappa shape index (κ1) is 12.8. The van der Waals surface area contributed by atoms with Gasteiger partial charge in [-0.2, -0.15) is 0 Å². The van der Waals surface area contributed by atoms with E-state index >= 15 is 0 Å². The molecule has 5 heteroatoms. The summed E-state index contributed by atoms with van der Waals surface area (Å²) in [6, 6.07) is 0. The number of rotatable bonds is 4. The van der Waals surface area contributed by atoms with Gasteiger partial charge in [0.15, 0.2) is 5.16 Å². The summed E-state index contributed by atoms with van der Waals surface area (Å²) in [4.78, 5) is 8.62. The molecule has 2 atom stereocenters. The fraction of sp³-hybridized carbons (Fsp3) is 0.667. The highest BCUT2D eigenvalue weighted by Crippen LogP contribution is 2.38. The van der Waals surface area contributed by atoms with Crippen molar-refractivity contribution in [2.45, 2.75) is 42.1 Å². The number of hydrogen-bond acceptors (Lipinski definition) is 5. The van der Waals surface area contributed by atoms with Crippen molar-refractivity contribution < 1.29 is 5.11 Å². The van der Waals surface area contributed by atoms with Crippen LogP contribution in [0.5, 0.6) is 0 Å². The average Bonchev–Trinajstić information content (AvgIpc) is 2.76. The molecule has 2 N–H and O–H groups in total. The summed E-state index contributed by atoms with van der Waals surface area (Å²) >= 11 is 1.72. The number of nitrogens with one attached hydrogen (secondary N) is 1. The van der Waals surface area contributed by atoms with Crippen LogP contribution >= 0.6 is 11.8 Å². The van der Waals surface area contributed by atoms with Gasteiger partial charge in [0.1, 0.15) is 0 Å². The maximum atomic E-state index is 9.43. The fourth-order valence-corrected chi connectivity index (χ4v) is 3.38. The Balaban J connectivity index is 1.95. The lowest BCUT2D eigenvalue weighted by atomic mass is 10.00. The quantitative estimate of drug-likeness (QED) is 0.794. The molecule has 2 unspecified atom stereocenters. The van der Waals surface area contributed by atoms with Crippen molar-refractivity contribution in [3.05, 3.63) is 18.0 Å². The van der Waals surface area contributed by atoms with Crippen molar-refractivity contribution in [2.24, 2.45) is 0 Å². The fourth-order valence-electron chi connectivity index (χ4n) is 2.22. The van der Waals surface area contributed by atoms with Crippen LogP contribution in [0.4, 0.5) is 0 Å². The Morgan fingerprint density at radius 2 is 2.24 bits per heavy atom. The highest BCUT2D eigenvalue weighted by molar-refractivity contribution is 7.99. The molecule has 0 saturated heterocycles. The topological polar surface area (TPSA) is 58.0 Å². The minimum absolute atomic E-state index is 0.0949. The molecular formula is C12H19N3OS. The summed E-state index contributed by atoms with van der Waals surface area (Å²) in [7, 11) is 1.92. The maximum Gasteiger partial charge on any atom is 0.187 e. The van der Waals surface area contributed by atoms with Crippen LogP contribution in [0.2, 0.25) is 0 Å². The Hall–Kier alpha value is -0.650. The Kier molecular flexibility index (Phi) is 4.01. The van der Waals surface area contributed by atoms with E-state index in [9.17, 15) is 5.11 Å². The third kappa shape index (κ3) is 2.97. The summed E-state index contributed by atoms with van der Waals surface area (Å²) in [5.74, 6) is 0. The standard InChI is InChI=1S/C12H19N3OS/c1-9-6-14-11(15-7-9)17-10-3-4-12(5-10,8-16)13-2/h6-7,10,13,16H,3-5,8H2,1-2H3. The minimum atomic E-state index is -0.0949. The first-order valence-electron chi connectivity index (χ1n) is 5.92. The molecule has 0 aliphatic heterocycles. The number of aryl methyl sites for hydroxylation is 1. The van der Waals surface area contributed by atoms with Gasteiger partial charge >= 0.3 is 0 Å². The highest BCUT2D eigenvalue weighted by Gasteiger charge is 2.38. The van der Waals surface area contributed by atoms with Gasteiger partial charge in [0.05, 0.1) is 6.61 Å². The van der Waals surface area contributed by atoms with Gasteiger partial charge in [-0.1, -0.05) is 11.8 Å². The van der Waals surface area contributed by atoms with Crippen molar-refractivity contribution in [2.75, 3.05) is 13.7 Å². The van der Waals surface area contributed by atoms with E-state index in [4.69, 9.17) is 0 Å². The summed E-state index contributed by atoms with van der Waals surface area (Å²) < 4.78 is 0. The molecule has 1 fully saturated rings. The maximum absolute atomic E-state index is 9.43. The molecule has 17 heavy (non-hydrogen) atoms. The van der Waals surface area contributed by atoms with Crippen molar-refractivity contribution >= 4 is 11.8 Å². The van der Waals surface area contributed by atoms with Crippen LogP contribution in [0.15, 0.2) is 17.6 Å². The van der Waals surface area contributed by atoms with Crippen LogP contribution < -0.4 is 5.32 Å². The van der Waals surface area contributed by atoms with Crippen LogP contribution in [-0.2, 0) is 0 Å². The van der Waals surface area contributed by atoms with Gasteiger partial charge in [-0.15, -0.1) is 0 Å². The molecule has 0 aromatic carbocycles. The molecule has 1 saturated carbocycles. The van der Waals surface area contributed by atoms with Crippen LogP contribution in [-0.4, -0.2) is 39.5 Å². The van der Waals surface area contributed by atoms with Crippen molar-refractivity contribution in [1.29, 1.82) is 0 Å². The van der Waals surface area contributed by atoms with E-state index < -0.39 is 0 Å². The Labute approximate surface area is 106 Å². The molecule has 1 heterocycles. The van der Waals surface area contributed by atoms with E-state index in [1.807, 2.05) is 26.4 Å². The zero-order valence-electron chi connectivity index (χ0n) is 10.3. The van der Waals surface area contributed by atoms with E-state index in [1.54, 1.807) is 11.8 Å². The van der Waals surface area contributed by atoms with Crippen LogP contribution in [0.3, 0.4) is 0 Å². The summed E-state index contributed by atoms with van der Waals surface area (Å²) in [6.07, 6.45) is 6.79. The smallest absolute Gasteiger partial charge is 0.187 e. The lowest BCUT2D eigenvalue weighted by Gasteiger charge is -2.26. The number of aliphatic hydroxyl groups excluding tert-OH is 1. The molecule has 1 aliphatic carbocycles. The molecule has 94 valence electrons. The molecule has 4 nitrogen and oxygen atoms in total. The van der Waals surface area contributed by atoms with Crippen molar-refractivity contribution in [3.63, 3.8) is 0 Å². The van der Waals surface area contributed by atoms with Gasteiger partial charge in [-0.3, -0.25) is 0 Å². The van der Waals surface area contributed by atoms with E-state index in [0.717, 1.165) is 30.0 Å². The van der Waals surface area contributed by atoms with Gasteiger partial charge < -0.3 is 10.4 Å². The molecule has 2 rings (SSSR count). The van der Waals surface area contributed by atoms with Gasteiger partial charge in [-0.25, -0.2) is 9.97 Å². The van der Waals surface area contributed by atoms with Crippen molar-refractivity contribution in [1.82, 2.24) is 15.3 Å². The number of aliphatic hydroxyl groups is 1. The first-order valence-corrected chi connectivity index (χ1v) is 6.80. The highest BCUT2D eigenvalue weighted by atomic mass is 32.2. The lowest BCUT2D eigenvalue weighted by Crippen LogP contribution is -2.44. The molecule has 1 aliphatic rings. The molecule has 1 aromatic heterocycles. The normalized spacial score (nSPS) is 28.5. The second-order valence-corrected chi connectivity index (χ2v) is 5.98. The third-order valence-corrected chi connectivity index (χ3v) is 4.58. The lowest BCUT2D eigenvalue weighted by molar-refractivity contribution is 0.173. The zero-order valence-corrected chi connectivity index (χ0v) is 11.1. The minimum Gasteiger partial charge on any atom is -0.394 e. The Bertz CT molecular complexity index is 365. The number of nitrogens with zero attached hydrogens (tertiary/aromatic N) is 2. The monoisotopic (exact) mass is 253 g/mol. The third-order valence-electron chi connectivity index (χ3n) is 3.43. The predicted molar refractivity (Wildman–Crippen MR) is 69.1 cm³/mol. The Morgan fingerprint density at radius 1 is 1.53 bits per heavy atom. The molecular weight excluding hydrogens is 234 g/mol. The molecule has 0 radical (unpaired) electrons. The summed E-state index contributed by atoms with van der Waals surface area (Å²) in [6.45, 7) is 2.19. The molecule has 1 aromatic rings. The second-order valence-electron chi connectivity index (χ2n) is 4.71. The second kappa shape index (κ2) is 5.33. The van der Waals surface area contributed by atoms with E-state index in [1.165, 1.54) is 0 Å². The van der Waals surface area contributed by atoms with Gasteiger partial charge in [0.2, 0.25) is 0 Å². The number of aromatic nitrogens is 2. The van der Waals surface area contributed by atoms with Gasteiger partial charge in [0.25, 0.3) is 0 Å². The number of hydrogen-bond donors (Lipinski definition) is 2. The zero-order chi connectivity index (χ0) is 12.3. The number of thioether (sulfide) groups is 1. The first-order chi connectivity index (χ1) is 8.17. The predicted octanol–water partition coefficient (Wildman–Crippen LogP) is 1.38. The average molecular weight is 253 g/mol. The van der Waals surface area contributed by atoms with E-state index in [2.05, 4.69) is 15.3 Å². The van der Waals surface area contributed by atoms with E-state index in [0.29, 0.717) is 5.25 Å². The largest absolute Gasteiger partial charge is 0.394 e. The summed E-state index contributed by atoms with van der Waals surface area (Å²) in [5.41, 5.74) is 0.989. The van der Waals surface area contributed by atoms with Crippen LogP contribution in [0.25, 0.3) is 0 Å². The number of likely N-dealkylation sites (N-methyl/N-ethyl adjacent to an activating group) is 1. The SMILES string of the molecule is CNC1(CO)CCC(Sc2ncc(C)cn2)C1. The van der Waals surface area contributed by atoms with E-state index in [-0.39, 0.29) is 12.1 Å². The van der Waals surface area contributed by atoms with Crippen molar-refractivity contribution in [3.8, 4) is 0 Å². The van der Waals surface area contributed by atoms with Gasteiger partial charge in [-0.05, 0) is 38.8 Å². The molecule has 0 spiro atoms. The summed E-state index contributed by atoms with van der Waals surface area (Å²) in [5, 5.41) is 14.0.